The Labute approximate surface area is 68.0 Å². The predicted octanol–water partition coefficient (Wildman–Crippen LogP) is 0.282. The first-order valence-electron chi connectivity index (χ1n) is 2.99. The number of nitrogens with one attached hydrogen (secondary N) is 1. The van der Waals surface area contributed by atoms with Crippen molar-refractivity contribution < 1.29 is 0 Å². The van der Waals surface area contributed by atoms with Gasteiger partial charge >= 0.3 is 0 Å². The third-order valence-corrected chi connectivity index (χ3v) is 1.49. The molecule has 0 spiro atoms. The highest BCUT2D eigenvalue weighted by atomic mass is 32.1. The highest BCUT2D eigenvalue weighted by molar-refractivity contribution is 7.79. The van der Waals surface area contributed by atoms with E-state index in [1.807, 2.05) is 4.31 Å². The Hall–Kier alpha value is 0.620. The van der Waals surface area contributed by atoms with Crippen molar-refractivity contribution in [2.45, 2.75) is 0 Å². The second kappa shape index (κ2) is 6.74. The molecule has 0 aromatic carbocycles. The molecule has 0 aromatic rings. The van der Waals surface area contributed by atoms with Crippen LogP contribution in [0.4, 0.5) is 0 Å². The van der Waals surface area contributed by atoms with Crippen LogP contribution in [0.15, 0.2) is 0 Å². The quantitative estimate of drug-likeness (QED) is 0.448. The molecule has 0 saturated carbocycles. The monoisotopic (exact) mass is 166 g/mol. The molecule has 1 N–H and O–H groups in total. The minimum absolute atomic E-state index is 1.07. The third-order valence-electron chi connectivity index (χ3n) is 1.09. The first-order chi connectivity index (χ1) is 4.39. The SMILES string of the molecule is CS.SN1CCNCC1. The van der Waals surface area contributed by atoms with E-state index in [0.29, 0.717) is 0 Å². The summed E-state index contributed by atoms with van der Waals surface area (Å²) in [4.78, 5) is 0. The van der Waals surface area contributed by atoms with E-state index in [9.17, 15) is 0 Å². The minimum Gasteiger partial charge on any atom is -0.314 e. The van der Waals surface area contributed by atoms with E-state index in [-0.39, 0.29) is 0 Å². The number of rotatable bonds is 0. The van der Waals surface area contributed by atoms with E-state index in [1.54, 1.807) is 6.26 Å². The average Bonchev–Trinajstić information content (AvgIpc) is 1.94. The molecule has 1 rings (SSSR count). The number of hydrogen-bond acceptors (Lipinski definition) is 4. The number of thiol groups is 2. The van der Waals surface area contributed by atoms with Gasteiger partial charge in [0.25, 0.3) is 0 Å². The van der Waals surface area contributed by atoms with Gasteiger partial charge in [0.2, 0.25) is 0 Å². The summed E-state index contributed by atoms with van der Waals surface area (Å²) in [7, 11) is 0. The molecular weight excluding hydrogens is 152 g/mol. The molecule has 2 nitrogen and oxygen atoms in total. The fourth-order valence-corrected chi connectivity index (χ4v) is 0.853. The average molecular weight is 166 g/mol. The van der Waals surface area contributed by atoms with Crippen molar-refractivity contribution in [3.05, 3.63) is 0 Å². The Bertz CT molecular complexity index is 54.9. The Morgan fingerprint density at radius 3 is 1.89 bits per heavy atom. The molecule has 1 fully saturated rings. The lowest BCUT2D eigenvalue weighted by Gasteiger charge is -2.20. The summed E-state index contributed by atoms with van der Waals surface area (Å²) in [5.41, 5.74) is 0. The van der Waals surface area contributed by atoms with Crippen molar-refractivity contribution in [3.63, 3.8) is 0 Å². The smallest absolute Gasteiger partial charge is 0.0213 e. The van der Waals surface area contributed by atoms with E-state index < -0.39 is 0 Å². The molecule has 0 atom stereocenters. The summed E-state index contributed by atoms with van der Waals surface area (Å²) < 4.78 is 2.02. The molecule has 56 valence electrons. The normalized spacial score (nSPS) is 20.3. The molecule has 4 heteroatoms. The van der Waals surface area contributed by atoms with E-state index >= 15 is 0 Å². The predicted molar refractivity (Wildman–Crippen MR) is 48.3 cm³/mol. The Balaban J connectivity index is 0.000000291. The maximum atomic E-state index is 4.15. The van der Waals surface area contributed by atoms with Crippen LogP contribution in [0.5, 0.6) is 0 Å². The Morgan fingerprint density at radius 2 is 1.67 bits per heavy atom. The van der Waals surface area contributed by atoms with Gasteiger partial charge < -0.3 is 5.32 Å². The van der Waals surface area contributed by atoms with E-state index in [4.69, 9.17) is 0 Å². The summed E-state index contributed by atoms with van der Waals surface area (Å²) in [6.45, 7) is 4.32. The molecule has 0 aliphatic carbocycles. The van der Waals surface area contributed by atoms with Crippen molar-refractivity contribution in [2.24, 2.45) is 0 Å². The van der Waals surface area contributed by atoms with Crippen LogP contribution in [-0.2, 0) is 0 Å². The second-order valence-electron chi connectivity index (χ2n) is 1.70. The molecule has 9 heavy (non-hydrogen) atoms. The van der Waals surface area contributed by atoms with Gasteiger partial charge in [0.15, 0.2) is 0 Å². The number of piperazine rings is 1. The summed E-state index contributed by atoms with van der Waals surface area (Å²) >= 11 is 7.68. The van der Waals surface area contributed by atoms with Gasteiger partial charge in [-0.15, -0.1) is 0 Å². The van der Waals surface area contributed by atoms with E-state index in [1.165, 1.54) is 0 Å². The van der Waals surface area contributed by atoms with Gasteiger partial charge in [-0.25, -0.2) is 0 Å². The molecule has 1 aliphatic heterocycles. The summed E-state index contributed by atoms with van der Waals surface area (Å²) in [6, 6.07) is 0. The van der Waals surface area contributed by atoms with Gasteiger partial charge in [0, 0.05) is 26.2 Å². The lowest BCUT2D eigenvalue weighted by Crippen LogP contribution is -2.38. The lowest BCUT2D eigenvalue weighted by atomic mass is 10.4. The van der Waals surface area contributed by atoms with Crippen molar-refractivity contribution in [1.29, 1.82) is 0 Å². The number of nitrogens with zero attached hydrogens (tertiary/aromatic N) is 1. The standard InChI is InChI=1S/C4H10N2S.CH4S/c7-6-3-1-5-2-4-6;1-2/h5,7H,1-4H2;2H,1H3. The zero-order valence-electron chi connectivity index (χ0n) is 5.67. The molecule has 0 radical (unpaired) electrons. The fourth-order valence-electron chi connectivity index (χ4n) is 0.653. The summed E-state index contributed by atoms with van der Waals surface area (Å²) in [5, 5.41) is 3.22. The van der Waals surface area contributed by atoms with Gasteiger partial charge in [0.05, 0.1) is 0 Å². The van der Waals surface area contributed by atoms with Crippen LogP contribution in [0.25, 0.3) is 0 Å². The summed E-state index contributed by atoms with van der Waals surface area (Å²) in [5.74, 6) is 0. The molecular formula is C5H14N2S2. The van der Waals surface area contributed by atoms with Crippen LogP contribution in [-0.4, -0.2) is 36.7 Å². The van der Waals surface area contributed by atoms with Crippen molar-refractivity contribution in [1.82, 2.24) is 9.62 Å². The van der Waals surface area contributed by atoms with Crippen LogP contribution < -0.4 is 5.32 Å². The van der Waals surface area contributed by atoms with Crippen molar-refractivity contribution in [3.8, 4) is 0 Å². The van der Waals surface area contributed by atoms with Crippen LogP contribution in [0, 0.1) is 0 Å². The molecule has 1 heterocycles. The molecule has 0 aromatic heterocycles. The topological polar surface area (TPSA) is 15.3 Å². The minimum atomic E-state index is 1.07. The van der Waals surface area contributed by atoms with Gasteiger partial charge in [-0.05, 0) is 6.26 Å². The maximum absolute atomic E-state index is 4.15. The molecule has 0 bridgehead atoms. The van der Waals surface area contributed by atoms with Gasteiger partial charge in [0.1, 0.15) is 0 Å². The Kier molecular flexibility index (Phi) is 7.20. The van der Waals surface area contributed by atoms with E-state index in [2.05, 4.69) is 30.8 Å². The molecule has 0 amide bonds. The second-order valence-corrected chi connectivity index (χ2v) is 2.27. The zero-order chi connectivity index (χ0) is 7.11. The van der Waals surface area contributed by atoms with Gasteiger partial charge in [-0.3, -0.25) is 4.31 Å². The van der Waals surface area contributed by atoms with Gasteiger partial charge in [-0.1, -0.05) is 12.8 Å². The van der Waals surface area contributed by atoms with Crippen LogP contribution >= 0.6 is 25.4 Å². The third kappa shape index (κ3) is 5.08. The first-order valence-corrected chi connectivity index (χ1v) is 4.28. The zero-order valence-corrected chi connectivity index (χ0v) is 7.46. The Morgan fingerprint density at radius 1 is 1.22 bits per heavy atom. The molecule has 0 unspecified atom stereocenters. The van der Waals surface area contributed by atoms with Crippen molar-refractivity contribution in [2.75, 3.05) is 32.4 Å². The van der Waals surface area contributed by atoms with E-state index in [0.717, 1.165) is 26.2 Å². The largest absolute Gasteiger partial charge is 0.314 e. The highest BCUT2D eigenvalue weighted by Crippen LogP contribution is 1.92. The highest BCUT2D eigenvalue weighted by Gasteiger charge is 2.02. The maximum Gasteiger partial charge on any atom is 0.0213 e. The first kappa shape index (κ1) is 9.62. The fraction of sp³-hybridized carbons (Fsp3) is 1.00. The number of hydrogen-bond donors (Lipinski definition) is 3. The van der Waals surface area contributed by atoms with Crippen LogP contribution in [0.1, 0.15) is 0 Å². The van der Waals surface area contributed by atoms with Gasteiger partial charge in [-0.2, -0.15) is 12.6 Å². The summed E-state index contributed by atoms with van der Waals surface area (Å²) in [6.07, 6.45) is 1.69. The molecule has 1 aliphatic rings. The van der Waals surface area contributed by atoms with Crippen molar-refractivity contribution >= 4 is 25.4 Å². The van der Waals surface area contributed by atoms with Crippen LogP contribution in [0.2, 0.25) is 0 Å². The van der Waals surface area contributed by atoms with Crippen LogP contribution in [0.3, 0.4) is 0 Å². The molecule has 1 saturated heterocycles. The lowest BCUT2D eigenvalue weighted by molar-refractivity contribution is 0.400.